The fourth-order valence-corrected chi connectivity index (χ4v) is 1.77. The van der Waals surface area contributed by atoms with Crippen molar-refractivity contribution in [3.05, 3.63) is 0 Å². The highest BCUT2D eigenvalue weighted by Crippen LogP contribution is 2.16. The van der Waals surface area contributed by atoms with Gasteiger partial charge in [-0.2, -0.15) is 0 Å². The van der Waals surface area contributed by atoms with Gasteiger partial charge < -0.3 is 9.47 Å². The minimum atomic E-state index is -0.670. The molecule has 0 fully saturated rings. The summed E-state index contributed by atoms with van der Waals surface area (Å²) in [4.78, 5) is 23.8. The van der Waals surface area contributed by atoms with Crippen molar-refractivity contribution in [2.75, 3.05) is 13.7 Å². The third kappa shape index (κ3) is 5.31. The number of carbonyl (C=O) groups is 2. The quantitative estimate of drug-likeness (QED) is 0.461. The van der Waals surface area contributed by atoms with Crippen LogP contribution in [-0.2, 0) is 19.1 Å². The van der Waals surface area contributed by atoms with E-state index in [2.05, 4.69) is 0 Å². The van der Waals surface area contributed by atoms with E-state index in [0.717, 1.165) is 12.8 Å². The summed E-state index contributed by atoms with van der Waals surface area (Å²) in [6, 6.07) is 0. The third-order valence-corrected chi connectivity index (χ3v) is 2.64. The SMILES string of the molecule is CCCC(OC)C(=O)C(CCC)C(=O)OCC. The summed E-state index contributed by atoms with van der Waals surface area (Å²) in [6.07, 6.45) is 2.32. The Morgan fingerprint density at radius 2 is 1.65 bits per heavy atom. The molecule has 0 aliphatic carbocycles. The maximum Gasteiger partial charge on any atom is 0.316 e. The summed E-state index contributed by atoms with van der Waals surface area (Å²) in [5.41, 5.74) is 0. The van der Waals surface area contributed by atoms with Crippen LogP contribution in [-0.4, -0.2) is 31.6 Å². The first kappa shape index (κ1) is 16.1. The van der Waals surface area contributed by atoms with Crippen molar-refractivity contribution in [1.29, 1.82) is 0 Å². The van der Waals surface area contributed by atoms with Gasteiger partial charge >= 0.3 is 5.97 Å². The van der Waals surface area contributed by atoms with E-state index in [1.54, 1.807) is 6.92 Å². The first-order valence-corrected chi connectivity index (χ1v) is 6.35. The molecule has 0 amide bonds. The molecule has 0 aromatic heterocycles. The first-order chi connectivity index (χ1) is 8.12. The van der Waals surface area contributed by atoms with Gasteiger partial charge in [0.1, 0.15) is 12.0 Å². The van der Waals surface area contributed by atoms with Gasteiger partial charge in [-0.3, -0.25) is 9.59 Å². The molecule has 0 N–H and O–H groups in total. The maximum atomic E-state index is 12.1. The maximum absolute atomic E-state index is 12.1. The minimum absolute atomic E-state index is 0.144. The summed E-state index contributed by atoms with van der Waals surface area (Å²) in [5, 5.41) is 0. The number of carbonyl (C=O) groups excluding carboxylic acids is 2. The van der Waals surface area contributed by atoms with Gasteiger partial charge in [-0.15, -0.1) is 0 Å². The molecule has 0 aromatic carbocycles. The molecule has 0 spiro atoms. The van der Waals surface area contributed by atoms with Crippen molar-refractivity contribution in [3.8, 4) is 0 Å². The molecule has 0 saturated heterocycles. The van der Waals surface area contributed by atoms with Crippen LogP contribution < -0.4 is 0 Å². The smallest absolute Gasteiger partial charge is 0.316 e. The lowest BCUT2D eigenvalue weighted by Gasteiger charge is -2.19. The highest BCUT2D eigenvalue weighted by molar-refractivity contribution is 6.01. The van der Waals surface area contributed by atoms with Gasteiger partial charge in [0, 0.05) is 7.11 Å². The Morgan fingerprint density at radius 1 is 1.06 bits per heavy atom. The van der Waals surface area contributed by atoms with E-state index in [4.69, 9.17) is 9.47 Å². The first-order valence-electron chi connectivity index (χ1n) is 6.35. The molecule has 100 valence electrons. The molecule has 4 nitrogen and oxygen atoms in total. The summed E-state index contributed by atoms with van der Waals surface area (Å²) >= 11 is 0. The number of esters is 1. The van der Waals surface area contributed by atoms with Gasteiger partial charge in [0.15, 0.2) is 5.78 Å². The van der Waals surface area contributed by atoms with Crippen molar-refractivity contribution >= 4 is 11.8 Å². The van der Waals surface area contributed by atoms with Crippen LogP contribution >= 0.6 is 0 Å². The molecule has 0 aromatic rings. The molecular formula is C13H24O4. The third-order valence-electron chi connectivity index (χ3n) is 2.64. The van der Waals surface area contributed by atoms with Gasteiger partial charge in [-0.25, -0.2) is 0 Å². The fraction of sp³-hybridized carbons (Fsp3) is 0.846. The van der Waals surface area contributed by atoms with E-state index in [9.17, 15) is 9.59 Å². The number of ketones is 1. The van der Waals surface area contributed by atoms with E-state index in [-0.39, 0.29) is 5.78 Å². The predicted octanol–water partition coefficient (Wildman–Crippen LogP) is 2.35. The van der Waals surface area contributed by atoms with Crippen LogP contribution in [0.3, 0.4) is 0 Å². The van der Waals surface area contributed by atoms with Gasteiger partial charge in [-0.1, -0.05) is 26.7 Å². The standard InChI is InChI=1S/C13H24O4/c1-5-8-10(13(15)17-7-3)12(14)11(16-4)9-6-2/h10-11H,5-9H2,1-4H3. The van der Waals surface area contributed by atoms with Crippen molar-refractivity contribution < 1.29 is 19.1 Å². The number of rotatable bonds is 9. The van der Waals surface area contributed by atoms with Crippen LogP contribution in [0.1, 0.15) is 46.5 Å². The molecule has 17 heavy (non-hydrogen) atoms. The number of ether oxygens (including phenoxy) is 2. The second kappa shape index (κ2) is 9.16. The number of hydrogen-bond acceptors (Lipinski definition) is 4. The fourth-order valence-electron chi connectivity index (χ4n) is 1.77. The lowest BCUT2D eigenvalue weighted by molar-refractivity contribution is -0.155. The molecule has 2 atom stereocenters. The highest BCUT2D eigenvalue weighted by atomic mass is 16.5. The van der Waals surface area contributed by atoms with Gasteiger partial charge in [0.05, 0.1) is 6.61 Å². The van der Waals surface area contributed by atoms with Gasteiger partial charge in [-0.05, 0) is 19.8 Å². The Labute approximate surface area is 104 Å². The van der Waals surface area contributed by atoms with Crippen molar-refractivity contribution in [1.82, 2.24) is 0 Å². The number of hydrogen-bond donors (Lipinski definition) is 0. The molecule has 0 aliphatic heterocycles. The zero-order valence-corrected chi connectivity index (χ0v) is 11.3. The molecule has 0 saturated carbocycles. The Morgan fingerprint density at radius 3 is 2.06 bits per heavy atom. The molecule has 4 heteroatoms. The van der Waals surface area contributed by atoms with E-state index in [0.29, 0.717) is 19.4 Å². The number of Topliss-reactive ketones (excluding diaryl/α,β-unsaturated/α-hetero) is 1. The molecule has 0 rings (SSSR count). The second-order valence-corrected chi connectivity index (χ2v) is 4.01. The predicted molar refractivity (Wildman–Crippen MR) is 65.7 cm³/mol. The lowest BCUT2D eigenvalue weighted by atomic mass is 9.93. The molecule has 0 bridgehead atoms. The van der Waals surface area contributed by atoms with Crippen LogP contribution in [0, 0.1) is 5.92 Å². The Balaban J connectivity index is 4.66. The van der Waals surface area contributed by atoms with Crippen LogP contribution in [0.4, 0.5) is 0 Å². The van der Waals surface area contributed by atoms with Gasteiger partial charge in [0.2, 0.25) is 0 Å². The summed E-state index contributed by atoms with van der Waals surface area (Å²) in [6.45, 7) is 5.97. The number of methoxy groups -OCH3 is 1. The van der Waals surface area contributed by atoms with Crippen molar-refractivity contribution in [3.63, 3.8) is 0 Å². The van der Waals surface area contributed by atoms with E-state index >= 15 is 0 Å². The second-order valence-electron chi connectivity index (χ2n) is 4.01. The molecule has 2 unspecified atom stereocenters. The Hall–Kier alpha value is -0.900. The summed E-state index contributed by atoms with van der Waals surface area (Å²) in [5.74, 6) is -1.23. The zero-order valence-electron chi connectivity index (χ0n) is 11.3. The van der Waals surface area contributed by atoms with Crippen molar-refractivity contribution in [2.45, 2.75) is 52.6 Å². The van der Waals surface area contributed by atoms with Crippen LogP contribution in [0.2, 0.25) is 0 Å². The average Bonchev–Trinajstić information content (AvgIpc) is 2.32. The van der Waals surface area contributed by atoms with Crippen molar-refractivity contribution in [2.24, 2.45) is 5.92 Å². The van der Waals surface area contributed by atoms with E-state index in [1.165, 1.54) is 7.11 Å². The van der Waals surface area contributed by atoms with Crippen LogP contribution in [0.25, 0.3) is 0 Å². The van der Waals surface area contributed by atoms with Crippen LogP contribution in [0.15, 0.2) is 0 Å². The Bertz CT molecular complexity index is 238. The average molecular weight is 244 g/mol. The summed E-state index contributed by atoms with van der Waals surface area (Å²) < 4.78 is 10.1. The van der Waals surface area contributed by atoms with Gasteiger partial charge in [0.25, 0.3) is 0 Å². The van der Waals surface area contributed by atoms with Crippen LogP contribution in [0.5, 0.6) is 0 Å². The van der Waals surface area contributed by atoms with E-state index in [1.807, 2.05) is 13.8 Å². The molecule has 0 heterocycles. The summed E-state index contributed by atoms with van der Waals surface area (Å²) in [7, 11) is 1.51. The largest absolute Gasteiger partial charge is 0.465 e. The minimum Gasteiger partial charge on any atom is -0.465 e. The zero-order chi connectivity index (χ0) is 13.3. The monoisotopic (exact) mass is 244 g/mol. The molecule has 0 radical (unpaired) electrons. The topological polar surface area (TPSA) is 52.6 Å². The van der Waals surface area contributed by atoms with E-state index < -0.39 is 18.0 Å². The molecular weight excluding hydrogens is 220 g/mol. The normalized spacial score (nSPS) is 14.1. The Kier molecular flexibility index (Phi) is 8.68. The highest BCUT2D eigenvalue weighted by Gasteiger charge is 2.32. The lowest BCUT2D eigenvalue weighted by Crippen LogP contribution is -2.35. The molecule has 0 aliphatic rings.